The zero-order valence-electron chi connectivity index (χ0n) is 13.4. The molecule has 1 rings (SSSR count). The van der Waals surface area contributed by atoms with Crippen molar-refractivity contribution in [2.45, 2.75) is 39.0 Å². The Labute approximate surface area is 131 Å². The standard InChI is InChI=1S/C15H23FN2O3S/c1-5-18(10-14(19)17-15(2,3)4)22(20,21)11-12-6-8-13(16)9-7-12/h6-9H,5,10-11H2,1-4H3,(H,17,19). The van der Waals surface area contributed by atoms with Crippen molar-refractivity contribution in [3.63, 3.8) is 0 Å². The van der Waals surface area contributed by atoms with Crippen molar-refractivity contribution in [3.05, 3.63) is 35.6 Å². The van der Waals surface area contributed by atoms with E-state index in [4.69, 9.17) is 0 Å². The highest BCUT2D eigenvalue weighted by atomic mass is 32.2. The zero-order valence-corrected chi connectivity index (χ0v) is 14.2. The lowest BCUT2D eigenvalue weighted by atomic mass is 10.1. The van der Waals surface area contributed by atoms with E-state index in [0.29, 0.717) is 5.56 Å². The summed E-state index contributed by atoms with van der Waals surface area (Å²) in [5.74, 6) is -1.03. The van der Waals surface area contributed by atoms with E-state index in [1.165, 1.54) is 24.3 Å². The van der Waals surface area contributed by atoms with Crippen LogP contribution >= 0.6 is 0 Å². The van der Waals surface area contributed by atoms with Gasteiger partial charge in [0, 0.05) is 12.1 Å². The Balaban J connectivity index is 2.79. The summed E-state index contributed by atoms with van der Waals surface area (Å²) in [6.07, 6.45) is 0. The van der Waals surface area contributed by atoms with Crippen molar-refractivity contribution < 1.29 is 17.6 Å². The van der Waals surface area contributed by atoms with Gasteiger partial charge in [0.25, 0.3) is 0 Å². The number of carbonyl (C=O) groups is 1. The average molecular weight is 330 g/mol. The number of nitrogens with one attached hydrogen (secondary N) is 1. The van der Waals surface area contributed by atoms with Crippen molar-refractivity contribution in [2.24, 2.45) is 0 Å². The molecular formula is C15H23FN2O3S. The average Bonchev–Trinajstić information content (AvgIpc) is 2.36. The fourth-order valence-corrected chi connectivity index (χ4v) is 3.41. The van der Waals surface area contributed by atoms with E-state index in [9.17, 15) is 17.6 Å². The molecule has 0 unspecified atom stereocenters. The van der Waals surface area contributed by atoms with E-state index in [-0.39, 0.29) is 24.7 Å². The summed E-state index contributed by atoms with van der Waals surface area (Å²) in [5, 5.41) is 2.73. The van der Waals surface area contributed by atoms with E-state index >= 15 is 0 Å². The largest absolute Gasteiger partial charge is 0.350 e. The predicted molar refractivity (Wildman–Crippen MR) is 84.2 cm³/mol. The highest BCUT2D eigenvalue weighted by Gasteiger charge is 2.25. The van der Waals surface area contributed by atoms with Crippen LogP contribution in [0.3, 0.4) is 0 Å². The fourth-order valence-electron chi connectivity index (χ4n) is 1.91. The first-order valence-corrected chi connectivity index (χ1v) is 8.67. The molecule has 0 saturated carbocycles. The van der Waals surface area contributed by atoms with Crippen molar-refractivity contribution in [2.75, 3.05) is 13.1 Å². The number of sulfonamides is 1. The molecule has 0 atom stereocenters. The maximum Gasteiger partial charge on any atom is 0.235 e. The molecule has 0 saturated heterocycles. The summed E-state index contributed by atoms with van der Waals surface area (Å²) >= 11 is 0. The highest BCUT2D eigenvalue weighted by molar-refractivity contribution is 7.88. The third kappa shape index (κ3) is 6.11. The number of hydrogen-bond acceptors (Lipinski definition) is 3. The second-order valence-corrected chi connectivity index (χ2v) is 8.08. The second-order valence-electron chi connectivity index (χ2n) is 6.11. The maximum absolute atomic E-state index is 12.9. The summed E-state index contributed by atoms with van der Waals surface area (Å²) in [6.45, 7) is 7.13. The molecule has 0 aliphatic carbocycles. The number of halogens is 1. The van der Waals surface area contributed by atoms with Crippen molar-refractivity contribution in [3.8, 4) is 0 Å². The third-order valence-electron chi connectivity index (χ3n) is 2.84. The summed E-state index contributed by atoms with van der Waals surface area (Å²) in [7, 11) is -3.64. The topological polar surface area (TPSA) is 66.5 Å². The lowest BCUT2D eigenvalue weighted by Gasteiger charge is -2.24. The van der Waals surface area contributed by atoms with Crippen LogP contribution in [0.4, 0.5) is 4.39 Å². The maximum atomic E-state index is 12.9. The smallest absolute Gasteiger partial charge is 0.235 e. The van der Waals surface area contributed by atoms with Crippen LogP contribution in [0.25, 0.3) is 0 Å². The molecule has 5 nitrogen and oxygen atoms in total. The fraction of sp³-hybridized carbons (Fsp3) is 0.533. The van der Waals surface area contributed by atoms with Gasteiger partial charge < -0.3 is 5.32 Å². The number of nitrogens with zero attached hydrogens (tertiary/aromatic N) is 1. The lowest BCUT2D eigenvalue weighted by molar-refractivity contribution is -0.122. The van der Waals surface area contributed by atoms with Crippen molar-refractivity contribution in [1.82, 2.24) is 9.62 Å². The van der Waals surface area contributed by atoms with Crippen molar-refractivity contribution >= 4 is 15.9 Å². The summed E-state index contributed by atoms with van der Waals surface area (Å²) < 4.78 is 38.7. The van der Waals surface area contributed by atoms with Crippen LogP contribution < -0.4 is 5.32 Å². The molecule has 0 aliphatic rings. The molecule has 0 bridgehead atoms. The Morgan fingerprint density at radius 3 is 2.23 bits per heavy atom. The Morgan fingerprint density at radius 1 is 1.23 bits per heavy atom. The molecule has 0 aromatic heterocycles. The number of benzene rings is 1. The molecule has 0 aliphatic heterocycles. The van der Waals surface area contributed by atoms with Gasteiger partial charge >= 0.3 is 0 Å². The quantitative estimate of drug-likeness (QED) is 0.866. The van der Waals surface area contributed by atoms with Gasteiger partial charge in [-0.2, -0.15) is 4.31 Å². The Hall–Kier alpha value is -1.47. The van der Waals surface area contributed by atoms with Crippen LogP contribution in [0.15, 0.2) is 24.3 Å². The number of rotatable bonds is 6. The summed E-state index contributed by atoms with van der Waals surface area (Å²) in [4.78, 5) is 11.9. The molecule has 124 valence electrons. The van der Waals surface area contributed by atoms with Crippen LogP contribution in [0, 0.1) is 5.82 Å². The van der Waals surface area contributed by atoms with E-state index < -0.39 is 21.4 Å². The van der Waals surface area contributed by atoms with Crippen LogP contribution in [0.1, 0.15) is 33.3 Å². The molecule has 1 N–H and O–H groups in total. The van der Waals surface area contributed by atoms with Crippen LogP contribution in [-0.4, -0.2) is 37.3 Å². The Morgan fingerprint density at radius 2 is 1.77 bits per heavy atom. The Kier molecular flexibility index (Phi) is 6.08. The van der Waals surface area contributed by atoms with E-state index in [1.807, 2.05) is 20.8 Å². The monoisotopic (exact) mass is 330 g/mol. The van der Waals surface area contributed by atoms with E-state index in [2.05, 4.69) is 5.32 Å². The number of carbonyl (C=O) groups excluding carboxylic acids is 1. The minimum Gasteiger partial charge on any atom is -0.350 e. The van der Waals surface area contributed by atoms with E-state index in [0.717, 1.165) is 4.31 Å². The molecule has 0 fully saturated rings. The van der Waals surface area contributed by atoms with Gasteiger partial charge in [-0.1, -0.05) is 19.1 Å². The number of amides is 1. The SMILES string of the molecule is CCN(CC(=O)NC(C)(C)C)S(=O)(=O)Cc1ccc(F)cc1. The third-order valence-corrected chi connectivity index (χ3v) is 4.72. The van der Waals surface area contributed by atoms with Gasteiger partial charge in [0.05, 0.1) is 12.3 Å². The molecule has 7 heteroatoms. The first-order chi connectivity index (χ1) is 10.0. The lowest BCUT2D eigenvalue weighted by Crippen LogP contribution is -2.47. The number of hydrogen-bond donors (Lipinski definition) is 1. The van der Waals surface area contributed by atoms with Crippen LogP contribution in [-0.2, 0) is 20.6 Å². The first-order valence-electron chi connectivity index (χ1n) is 7.07. The van der Waals surface area contributed by atoms with Crippen LogP contribution in [0.5, 0.6) is 0 Å². The molecule has 1 aromatic carbocycles. The molecule has 22 heavy (non-hydrogen) atoms. The van der Waals surface area contributed by atoms with Gasteiger partial charge in [-0.25, -0.2) is 12.8 Å². The minimum atomic E-state index is -3.64. The normalized spacial score (nSPS) is 12.5. The predicted octanol–water partition coefficient (Wildman–Crippen LogP) is 1.89. The Bertz CT molecular complexity index is 607. The molecular weight excluding hydrogens is 307 g/mol. The minimum absolute atomic E-state index is 0.196. The number of likely N-dealkylation sites (N-methyl/N-ethyl adjacent to an activating group) is 1. The molecule has 0 spiro atoms. The van der Waals surface area contributed by atoms with Gasteiger partial charge in [-0.3, -0.25) is 4.79 Å². The first kappa shape index (κ1) is 18.6. The van der Waals surface area contributed by atoms with Gasteiger partial charge in [-0.15, -0.1) is 0 Å². The highest BCUT2D eigenvalue weighted by Crippen LogP contribution is 2.12. The van der Waals surface area contributed by atoms with Crippen LogP contribution in [0.2, 0.25) is 0 Å². The zero-order chi connectivity index (χ0) is 17.0. The van der Waals surface area contributed by atoms with Gasteiger partial charge in [0.15, 0.2) is 0 Å². The summed E-state index contributed by atoms with van der Waals surface area (Å²) in [6, 6.07) is 5.28. The molecule has 0 radical (unpaired) electrons. The van der Waals surface area contributed by atoms with Crippen molar-refractivity contribution in [1.29, 1.82) is 0 Å². The van der Waals surface area contributed by atoms with Gasteiger partial charge in [0.1, 0.15) is 5.82 Å². The molecule has 1 aromatic rings. The van der Waals surface area contributed by atoms with Gasteiger partial charge in [-0.05, 0) is 38.5 Å². The van der Waals surface area contributed by atoms with E-state index in [1.54, 1.807) is 6.92 Å². The van der Waals surface area contributed by atoms with Gasteiger partial charge in [0.2, 0.25) is 15.9 Å². The second kappa shape index (κ2) is 7.19. The summed E-state index contributed by atoms with van der Waals surface area (Å²) in [5.41, 5.74) is 0.0631. The molecule has 1 amide bonds. The molecule has 0 heterocycles.